The van der Waals surface area contributed by atoms with Crippen LogP contribution in [0.15, 0.2) is 48.7 Å². The summed E-state index contributed by atoms with van der Waals surface area (Å²) < 4.78 is 0. The highest BCUT2D eigenvalue weighted by Crippen LogP contribution is 2.09. The van der Waals surface area contributed by atoms with Crippen LogP contribution in [0.4, 0.5) is 5.82 Å². The maximum absolute atomic E-state index is 4.46. The molecule has 118 valence electrons. The quantitative estimate of drug-likeness (QED) is 0.647. The highest BCUT2D eigenvalue weighted by molar-refractivity contribution is 5.85. The zero-order valence-corrected chi connectivity index (χ0v) is 14.2. The molecule has 0 unspecified atom stereocenters. The van der Waals surface area contributed by atoms with Crippen LogP contribution in [0.3, 0.4) is 0 Å². The number of halogens is 1. The number of hydrogen-bond acceptors (Lipinski definition) is 3. The maximum atomic E-state index is 4.46. The molecular weight excluding hydrogens is 282 g/mol. The van der Waals surface area contributed by atoms with E-state index in [0.29, 0.717) is 0 Å². The highest BCUT2D eigenvalue weighted by Gasteiger charge is 2.07. The van der Waals surface area contributed by atoms with Crippen LogP contribution in [0.1, 0.15) is 20.8 Å². The molecule has 0 fully saturated rings. The van der Waals surface area contributed by atoms with Gasteiger partial charge in [0.15, 0.2) is 0 Å². The van der Waals surface area contributed by atoms with Crippen molar-refractivity contribution in [1.29, 1.82) is 0 Å². The Kier molecular flexibility index (Phi) is 11.6. The van der Waals surface area contributed by atoms with Gasteiger partial charge in [-0.3, -0.25) is 0 Å². The third-order valence-corrected chi connectivity index (χ3v) is 3.32. The van der Waals surface area contributed by atoms with Crippen molar-refractivity contribution in [2.45, 2.75) is 20.8 Å². The van der Waals surface area contributed by atoms with E-state index in [4.69, 9.17) is 0 Å². The highest BCUT2D eigenvalue weighted by atomic mass is 35.5. The van der Waals surface area contributed by atoms with E-state index in [2.05, 4.69) is 52.9 Å². The van der Waals surface area contributed by atoms with E-state index >= 15 is 0 Å². The summed E-state index contributed by atoms with van der Waals surface area (Å²) in [6, 6.07) is 6.08. The third kappa shape index (κ3) is 7.88. The van der Waals surface area contributed by atoms with Gasteiger partial charge in [-0.05, 0) is 32.1 Å². The molecular formula is C17H28ClN3. The minimum absolute atomic E-state index is 0. The average molecular weight is 310 g/mol. The molecule has 1 rings (SSSR count). The first-order chi connectivity index (χ1) is 9.81. The Balaban J connectivity index is 0.00000400. The molecule has 0 saturated heterocycles. The van der Waals surface area contributed by atoms with E-state index in [-0.39, 0.29) is 12.4 Å². The number of rotatable bonds is 9. The summed E-state index contributed by atoms with van der Waals surface area (Å²) in [5.74, 6) is 1.05. The van der Waals surface area contributed by atoms with E-state index in [0.717, 1.165) is 38.5 Å². The number of pyridine rings is 1. The lowest BCUT2D eigenvalue weighted by atomic mass is 10.3. The van der Waals surface area contributed by atoms with Crippen LogP contribution < -0.4 is 4.90 Å². The Labute approximate surface area is 135 Å². The van der Waals surface area contributed by atoms with Gasteiger partial charge < -0.3 is 9.80 Å². The van der Waals surface area contributed by atoms with Gasteiger partial charge in [0.1, 0.15) is 5.82 Å². The number of likely N-dealkylation sites (N-methyl/N-ethyl adjacent to an activating group) is 1. The summed E-state index contributed by atoms with van der Waals surface area (Å²) in [5.41, 5.74) is 0. The van der Waals surface area contributed by atoms with Gasteiger partial charge in [0.2, 0.25) is 0 Å². The second-order valence-electron chi connectivity index (χ2n) is 4.61. The number of nitrogens with zero attached hydrogens (tertiary/aromatic N) is 3. The SMILES string of the molecule is C/C=C/C=C/CN(CCN(CC)CC)c1ccccn1.Cl. The van der Waals surface area contributed by atoms with Crippen molar-refractivity contribution in [3.8, 4) is 0 Å². The number of aromatic nitrogens is 1. The summed E-state index contributed by atoms with van der Waals surface area (Å²) in [5, 5.41) is 0. The zero-order valence-electron chi connectivity index (χ0n) is 13.4. The molecule has 0 bridgehead atoms. The fourth-order valence-corrected chi connectivity index (χ4v) is 2.02. The van der Waals surface area contributed by atoms with Gasteiger partial charge in [-0.1, -0.05) is 44.2 Å². The van der Waals surface area contributed by atoms with E-state index in [1.165, 1.54) is 0 Å². The average Bonchev–Trinajstić information content (AvgIpc) is 2.51. The normalized spacial score (nSPS) is 11.2. The first kappa shape index (κ1) is 19.7. The monoisotopic (exact) mass is 309 g/mol. The second kappa shape index (κ2) is 12.4. The molecule has 0 aliphatic rings. The molecule has 4 heteroatoms. The van der Waals surface area contributed by atoms with E-state index in [1.54, 1.807) is 0 Å². The van der Waals surface area contributed by atoms with Crippen LogP contribution in [0, 0.1) is 0 Å². The van der Waals surface area contributed by atoms with Crippen LogP contribution in [-0.2, 0) is 0 Å². The molecule has 0 N–H and O–H groups in total. The molecule has 1 heterocycles. The van der Waals surface area contributed by atoms with Crippen molar-refractivity contribution in [3.05, 3.63) is 48.7 Å². The maximum Gasteiger partial charge on any atom is 0.128 e. The zero-order chi connectivity index (χ0) is 14.6. The molecule has 0 aliphatic carbocycles. The molecule has 0 saturated carbocycles. The lowest BCUT2D eigenvalue weighted by Gasteiger charge is -2.26. The smallest absolute Gasteiger partial charge is 0.128 e. The molecule has 0 aliphatic heterocycles. The summed E-state index contributed by atoms with van der Waals surface area (Å²) >= 11 is 0. The first-order valence-corrected chi connectivity index (χ1v) is 7.48. The Morgan fingerprint density at radius 3 is 2.43 bits per heavy atom. The van der Waals surface area contributed by atoms with Gasteiger partial charge in [0.05, 0.1) is 0 Å². The minimum atomic E-state index is 0. The van der Waals surface area contributed by atoms with Crippen LogP contribution in [-0.4, -0.2) is 42.6 Å². The topological polar surface area (TPSA) is 19.4 Å². The van der Waals surface area contributed by atoms with Gasteiger partial charge in [-0.15, -0.1) is 12.4 Å². The van der Waals surface area contributed by atoms with Crippen molar-refractivity contribution in [1.82, 2.24) is 9.88 Å². The molecule has 0 aromatic carbocycles. The van der Waals surface area contributed by atoms with Gasteiger partial charge in [0, 0.05) is 25.8 Å². The number of anilines is 1. The molecule has 0 spiro atoms. The van der Waals surface area contributed by atoms with E-state index in [9.17, 15) is 0 Å². The lowest BCUT2D eigenvalue weighted by Crippen LogP contribution is -2.35. The molecule has 21 heavy (non-hydrogen) atoms. The lowest BCUT2D eigenvalue weighted by molar-refractivity contribution is 0.310. The van der Waals surface area contributed by atoms with Crippen molar-refractivity contribution in [2.75, 3.05) is 37.6 Å². The van der Waals surface area contributed by atoms with Gasteiger partial charge in [-0.25, -0.2) is 4.98 Å². The van der Waals surface area contributed by atoms with Crippen LogP contribution in [0.5, 0.6) is 0 Å². The number of allylic oxidation sites excluding steroid dienone is 3. The molecule has 0 amide bonds. The third-order valence-electron chi connectivity index (χ3n) is 3.32. The minimum Gasteiger partial charge on any atom is -0.352 e. The first-order valence-electron chi connectivity index (χ1n) is 7.48. The Hall–Kier alpha value is -1.32. The molecule has 3 nitrogen and oxygen atoms in total. The van der Waals surface area contributed by atoms with Crippen LogP contribution in [0.25, 0.3) is 0 Å². The molecule has 0 atom stereocenters. The summed E-state index contributed by atoms with van der Waals surface area (Å²) in [7, 11) is 0. The van der Waals surface area contributed by atoms with Crippen LogP contribution in [0.2, 0.25) is 0 Å². The summed E-state index contributed by atoms with van der Waals surface area (Å²) in [6.45, 7) is 11.6. The van der Waals surface area contributed by atoms with Crippen molar-refractivity contribution < 1.29 is 0 Å². The summed E-state index contributed by atoms with van der Waals surface area (Å²) in [4.78, 5) is 9.22. The second-order valence-corrected chi connectivity index (χ2v) is 4.61. The van der Waals surface area contributed by atoms with Crippen molar-refractivity contribution in [3.63, 3.8) is 0 Å². The largest absolute Gasteiger partial charge is 0.352 e. The van der Waals surface area contributed by atoms with Gasteiger partial charge >= 0.3 is 0 Å². The Morgan fingerprint density at radius 2 is 1.86 bits per heavy atom. The predicted octanol–water partition coefficient (Wildman–Crippen LogP) is 3.78. The Bertz CT molecular complexity index is 400. The van der Waals surface area contributed by atoms with Gasteiger partial charge in [0.25, 0.3) is 0 Å². The van der Waals surface area contributed by atoms with E-state index in [1.807, 2.05) is 31.3 Å². The van der Waals surface area contributed by atoms with Crippen molar-refractivity contribution in [2.24, 2.45) is 0 Å². The van der Waals surface area contributed by atoms with E-state index < -0.39 is 0 Å². The van der Waals surface area contributed by atoms with Crippen molar-refractivity contribution >= 4 is 18.2 Å². The molecule has 1 aromatic rings. The van der Waals surface area contributed by atoms with Crippen LogP contribution >= 0.6 is 12.4 Å². The standard InChI is InChI=1S/C17H27N3.ClH/c1-4-7-8-11-14-20(16-15-19(5-2)6-3)17-12-9-10-13-18-17;/h4,7-13H,5-6,14-16H2,1-3H3;1H/b7-4+,11-8+;. The fraction of sp³-hybridized carbons (Fsp3) is 0.471. The van der Waals surface area contributed by atoms with Gasteiger partial charge in [-0.2, -0.15) is 0 Å². The fourth-order valence-electron chi connectivity index (χ4n) is 2.02. The summed E-state index contributed by atoms with van der Waals surface area (Å²) in [6.07, 6.45) is 10.2. The molecule has 0 radical (unpaired) electrons. The Morgan fingerprint density at radius 1 is 1.10 bits per heavy atom. The molecule has 1 aromatic heterocycles. The number of hydrogen-bond donors (Lipinski definition) is 0. The predicted molar refractivity (Wildman–Crippen MR) is 95.4 cm³/mol.